The summed E-state index contributed by atoms with van der Waals surface area (Å²) in [6.45, 7) is 8.00. The number of ether oxygens (including phenoxy) is 1. The van der Waals surface area contributed by atoms with Gasteiger partial charge in [-0.25, -0.2) is 0 Å². The van der Waals surface area contributed by atoms with Crippen molar-refractivity contribution in [2.75, 3.05) is 20.2 Å². The maximum absolute atomic E-state index is 10.5. The molecule has 0 spiro atoms. The molecular formula is C15H24N2O2. The van der Waals surface area contributed by atoms with Crippen molar-refractivity contribution in [3.05, 3.63) is 29.8 Å². The zero-order valence-corrected chi connectivity index (χ0v) is 12.2. The number of methoxy groups -OCH3 is 1. The van der Waals surface area contributed by atoms with Crippen LogP contribution in [0.5, 0.6) is 5.75 Å². The second kappa shape index (κ2) is 7.79. The van der Waals surface area contributed by atoms with Crippen LogP contribution >= 0.6 is 0 Å². The second-order valence-corrected chi connectivity index (χ2v) is 4.93. The van der Waals surface area contributed by atoms with E-state index in [-0.39, 0.29) is 0 Å². The van der Waals surface area contributed by atoms with Crippen molar-refractivity contribution in [1.29, 1.82) is 0 Å². The van der Waals surface area contributed by atoms with Gasteiger partial charge in [0.2, 0.25) is 6.41 Å². The van der Waals surface area contributed by atoms with Crippen LogP contribution in [0.15, 0.2) is 24.3 Å². The summed E-state index contributed by atoms with van der Waals surface area (Å²) >= 11 is 0. The number of benzene rings is 1. The van der Waals surface area contributed by atoms with E-state index in [9.17, 15) is 4.79 Å². The number of aryl methyl sites for hydroxylation is 1. The first-order chi connectivity index (χ1) is 9.08. The molecule has 19 heavy (non-hydrogen) atoms. The van der Waals surface area contributed by atoms with Crippen molar-refractivity contribution >= 4 is 6.41 Å². The Morgan fingerprint density at radius 2 is 1.74 bits per heavy atom. The minimum absolute atomic E-state index is 0.348. The number of nitrogens with one attached hydrogen (secondary N) is 1. The first-order valence-corrected chi connectivity index (χ1v) is 6.62. The van der Waals surface area contributed by atoms with Gasteiger partial charge in [0.05, 0.1) is 7.11 Å². The van der Waals surface area contributed by atoms with Crippen LogP contribution in [0.2, 0.25) is 0 Å². The highest BCUT2D eigenvalue weighted by molar-refractivity contribution is 5.48. The molecule has 1 amide bonds. The first-order valence-electron chi connectivity index (χ1n) is 6.62. The quantitative estimate of drug-likeness (QED) is 0.829. The molecule has 2 rings (SSSR count). The van der Waals surface area contributed by atoms with E-state index in [0.29, 0.717) is 12.1 Å². The van der Waals surface area contributed by atoms with E-state index >= 15 is 0 Å². The third-order valence-electron chi connectivity index (χ3n) is 3.28. The summed E-state index contributed by atoms with van der Waals surface area (Å²) in [4.78, 5) is 12.3. The highest BCUT2D eigenvalue weighted by atomic mass is 16.5. The third kappa shape index (κ3) is 4.91. The summed E-state index contributed by atoms with van der Waals surface area (Å²) in [5.74, 6) is 0.917. The number of hydrogen-bond acceptors (Lipinski definition) is 3. The van der Waals surface area contributed by atoms with Crippen LogP contribution in [0.25, 0.3) is 0 Å². The molecule has 1 aliphatic rings. The van der Waals surface area contributed by atoms with Crippen molar-refractivity contribution < 1.29 is 9.53 Å². The van der Waals surface area contributed by atoms with Gasteiger partial charge in [0.25, 0.3) is 0 Å². The molecule has 1 fully saturated rings. The molecule has 0 saturated carbocycles. The Morgan fingerprint density at radius 1 is 1.21 bits per heavy atom. The molecule has 0 radical (unpaired) electrons. The first kappa shape index (κ1) is 15.5. The van der Waals surface area contributed by atoms with Gasteiger partial charge in [0.1, 0.15) is 5.75 Å². The van der Waals surface area contributed by atoms with Gasteiger partial charge in [-0.3, -0.25) is 4.79 Å². The zero-order valence-electron chi connectivity index (χ0n) is 12.2. The Bertz CT molecular complexity index is 368. The van der Waals surface area contributed by atoms with Crippen molar-refractivity contribution in [3.63, 3.8) is 0 Å². The van der Waals surface area contributed by atoms with Gasteiger partial charge < -0.3 is 15.0 Å². The minimum Gasteiger partial charge on any atom is -0.497 e. The molecule has 1 saturated heterocycles. The molecule has 1 heterocycles. The predicted octanol–water partition coefficient (Wildman–Crippen LogP) is 1.83. The summed E-state index contributed by atoms with van der Waals surface area (Å²) in [7, 11) is 1.67. The lowest BCUT2D eigenvalue weighted by atomic mass is 10.1. The topological polar surface area (TPSA) is 41.6 Å². The van der Waals surface area contributed by atoms with Crippen LogP contribution in [0.1, 0.15) is 19.4 Å². The van der Waals surface area contributed by atoms with E-state index in [0.717, 1.165) is 25.2 Å². The van der Waals surface area contributed by atoms with Crippen LogP contribution in [-0.4, -0.2) is 43.6 Å². The smallest absolute Gasteiger partial charge is 0.210 e. The molecule has 106 valence electrons. The molecule has 1 aliphatic heterocycles. The fourth-order valence-corrected chi connectivity index (χ4v) is 2.03. The Hall–Kier alpha value is -1.55. The Balaban J connectivity index is 0.000000191. The minimum atomic E-state index is 0.348. The maximum Gasteiger partial charge on any atom is 0.210 e. The molecule has 0 aromatic heterocycles. The largest absolute Gasteiger partial charge is 0.497 e. The normalized spacial score (nSPS) is 22.2. The van der Waals surface area contributed by atoms with Crippen LogP contribution in [0.4, 0.5) is 0 Å². The van der Waals surface area contributed by atoms with Gasteiger partial charge in [-0.1, -0.05) is 17.7 Å². The molecular weight excluding hydrogens is 240 g/mol. The number of piperazine rings is 1. The van der Waals surface area contributed by atoms with Gasteiger partial charge in [-0.2, -0.15) is 0 Å². The predicted molar refractivity (Wildman–Crippen MR) is 77.4 cm³/mol. The van der Waals surface area contributed by atoms with Crippen LogP contribution in [0, 0.1) is 6.92 Å². The highest BCUT2D eigenvalue weighted by Crippen LogP contribution is 2.09. The molecule has 0 aliphatic carbocycles. The van der Waals surface area contributed by atoms with Gasteiger partial charge in [-0.05, 0) is 32.9 Å². The van der Waals surface area contributed by atoms with E-state index < -0.39 is 0 Å². The van der Waals surface area contributed by atoms with Gasteiger partial charge in [0, 0.05) is 25.2 Å². The number of carbonyl (C=O) groups excluding carboxylic acids is 1. The van der Waals surface area contributed by atoms with E-state index in [1.807, 2.05) is 29.2 Å². The van der Waals surface area contributed by atoms with Crippen LogP contribution in [-0.2, 0) is 4.79 Å². The molecule has 1 N–H and O–H groups in total. The number of hydrogen-bond donors (Lipinski definition) is 1. The third-order valence-corrected chi connectivity index (χ3v) is 3.28. The summed E-state index contributed by atoms with van der Waals surface area (Å²) in [6, 6.07) is 8.66. The number of carbonyl (C=O) groups is 1. The van der Waals surface area contributed by atoms with Gasteiger partial charge in [0.15, 0.2) is 0 Å². The Labute approximate surface area is 115 Å². The average Bonchev–Trinajstić information content (AvgIpc) is 2.41. The molecule has 2 unspecified atom stereocenters. The molecule has 1 aromatic carbocycles. The van der Waals surface area contributed by atoms with Crippen molar-refractivity contribution in [3.8, 4) is 5.75 Å². The van der Waals surface area contributed by atoms with E-state index in [1.54, 1.807) is 7.11 Å². The SMILES string of the molecule is CC1CNCC(C)N1C=O.COc1ccc(C)cc1. The Morgan fingerprint density at radius 3 is 2.11 bits per heavy atom. The van der Waals surface area contributed by atoms with Crippen LogP contribution < -0.4 is 10.1 Å². The van der Waals surface area contributed by atoms with Crippen molar-refractivity contribution in [1.82, 2.24) is 10.2 Å². The fourth-order valence-electron chi connectivity index (χ4n) is 2.03. The Kier molecular flexibility index (Phi) is 6.36. The van der Waals surface area contributed by atoms with Gasteiger partial charge in [-0.15, -0.1) is 0 Å². The molecule has 4 nitrogen and oxygen atoms in total. The van der Waals surface area contributed by atoms with E-state index in [1.165, 1.54) is 5.56 Å². The lowest BCUT2D eigenvalue weighted by Gasteiger charge is -2.36. The lowest BCUT2D eigenvalue weighted by Crippen LogP contribution is -2.54. The molecule has 4 heteroatoms. The lowest BCUT2D eigenvalue weighted by molar-refractivity contribution is -0.122. The van der Waals surface area contributed by atoms with Crippen molar-refractivity contribution in [2.45, 2.75) is 32.9 Å². The summed E-state index contributed by atoms with van der Waals surface area (Å²) in [5, 5.41) is 3.25. The summed E-state index contributed by atoms with van der Waals surface area (Å²) < 4.78 is 4.97. The van der Waals surface area contributed by atoms with Crippen molar-refractivity contribution in [2.24, 2.45) is 0 Å². The highest BCUT2D eigenvalue weighted by Gasteiger charge is 2.21. The average molecular weight is 264 g/mol. The fraction of sp³-hybridized carbons (Fsp3) is 0.533. The molecule has 2 atom stereocenters. The molecule has 0 bridgehead atoms. The standard InChI is InChI=1S/C8H10O.C7H14N2O/c1-7-3-5-8(9-2)6-4-7;1-6-3-8-4-7(2)9(6)5-10/h3-6H,1-2H3;5-8H,3-4H2,1-2H3. The number of nitrogens with zero attached hydrogens (tertiary/aromatic N) is 1. The zero-order chi connectivity index (χ0) is 14.3. The maximum atomic E-state index is 10.5. The number of amides is 1. The second-order valence-electron chi connectivity index (χ2n) is 4.93. The summed E-state index contributed by atoms with van der Waals surface area (Å²) in [6.07, 6.45) is 0.941. The number of rotatable bonds is 2. The monoisotopic (exact) mass is 264 g/mol. The van der Waals surface area contributed by atoms with Crippen LogP contribution in [0.3, 0.4) is 0 Å². The van der Waals surface area contributed by atoms with E-state index in [2.05, 4.69) is 26.1 Å². The van der Waals surface area contributed by atoms with E-state index in [4.69, 9.17) is 4.74 Å². The summed E-state index contributed by atoms with van der Waals surface area (Å²) in [5.41, 5.74) is 1.26. The molecule has 1 aromatic rings. The van der Waals surface area contributed by atoms with Gasteiger partial charge >= 0.3 is 0 Å².